The molecule has 0 saturated carbocycles. The second-order valence-corrected chi connectivity index (χ2v) is 9.58. The molecule has 6 heteroatoms. The molecule has 2 N–H and O–H groups in total. The Morgan fingerprint density at radius 1 is 0.732 bits per heavy atom. The molecule has 0 spiro atoms. The third-order valence-corrected chi connectivity index (χ3v) is 6.60. The van der Waals surface area contributed by atoms with Crippen LogP contribution in [0, 0.1) is 0 Å². The maximum Gasteiger partial charge on any atom is 0.196 e. The number of hydrogen-bond donors (Lipinski definition) is 2. The number of carbonyl (C=O) groups excluding carboxylic acids is 2. The lowest BCUT2D eigenvalue weighted by molar-refractivity contribution is 0.103. The number of rotatable bonds is 13. The van der Waals surface area contributed by atoms with Gasteiger partial charge in [-0.1, -0.05) is 93.6 Å². The molecule has 0 aliphatic carbocycles. The fourth-order valence-corrected chi connectivity index (χ4v) is 4.32. The summed E-state index contributed by atoms with van der Waals surface area (Å²) in [5, 5.41) is 20.0. The molecule has 0 saturated heterocycles. The average molecular weight is 555 g/mol. The van der Waals surface area contributed by atoms with Gasteiger partial charge in [0, 0.05) is 28.8 Å². The monoisotopic (exact) mass is 554 g/mol. The van der Waals surface area contributed by atoms with Crippen LogP contribution in [0.15, 0.2) is 91.0 Å². The van der Waals surface area contributed by atoms with Crippen LogP contribution in [0.3, 0.4) is 0 Å². The number of ether oxygens (including phenoxy) is 2. The van der Waals surface area contributed by atoms with Gasteiger partial charge in [-0.15, -0.1) is 0 Å². The van der Waals surface area contributed by atoms with Crippen LogP contribution in [0.25, 0.3) is 11.1 Å². The first-order valence-electron chi connectivity index (χ1n) is 14.0. The Bertz CT molecular complexity index is 1400. The highest BCUT2D eigenvalue weighted by molar-refractivity contribution is 6.10. The van der Waals surface area contributed by atoms with Crippen molar-refractivity contribution in [3.63, 3.8) is 0 Å². The van der Waals surface area contributed by atoms with Crippen LogP contribution >= 0.6 is 0 Å². The molecule has 0 aromatic heterocycles. The number of benzene rings is 4. The van der Waals surface area contributed by atoms with Crippen molar-refractivity contribution in [2.24, 2.45) is 0 Å². The molecule has 0 aliphatic heterocycles. The van der Waals surface area contributed by atoms with Crippen LogP contribution in [-0.4, -0.2) is 36.0 Å². The van der Waals surface area contributed by atoms with E-state index < -0.39 is 0 Å². The van der Waals surface area contributed by atoms with Gasteiger partial charge < -0.3 is 19.7 Å². The van der Waals surface area contributed by atoms with Crippen molar-refractivity contribution < 1.29 is 29.3 Å². The molecule has 0 fully saturated rings. The number of phenols is 2. The van der Waals surface area contributed by atoms with E-state index in [4.69, 9.17) is 9.47 Å². The Morgan fingerprint density at radius 2 is 1.39 bits per heavy atom. The average Bonchev–Trinajstić information content (AvgIpc) is 3.01. The van der Waals surface area contributed by atoms with Crippen LogP contribution in [0.4, 0.5) is 0 Å². The van der Waals surface area contributed by atoms with E-state index in [0.29, 0.717) is 34.8 Å². The number of ketones is 1. The van der Waals surface area contributed by atoms with Crippen LogP contribution in [-0.2, 0) is 0 Å². The molecule has 0 atom stereocenters. The van der Waals surface area contributed by atoms with Gasteiger partial charge in [-0.2, -0.15) is 0 Å². The first-order chi connectivity index (χ1) is 20.0. The molecular formula is C35H38O6. The van der Waals surface area contributed by atoms with E-state index in [-0.39, 0.29) is 22.8 Å². The molecule has 4 aromatic rings. The minimum atomic E-state index is -0.203. The van der Waals surface area contributed by atoms with Gasteiger partial charge in [0.25, 0.3) is 0 Å². The van der Waals surface area contributed by atoms with Gasteiger partial charge in [-0.3, -0.25) is 9.59 Å². The van der Waals surface area contributed by atoms with Crippen molar-refractivity contribution in [1.29, 1.82) is 0 Å². The van der Waals surface area contributed by atoms with Gasteiger partial charge in [0.05, 0.1) is 19.3 Å². The number of hydrogen-bond acceptors (Lipinski definition) is 6. The smallest absolute Gasteiger partial charge is 0.196 e. The Kier molecular flexibility index (Phi) is 12.5. The molecule has 0 bridgehead atoms. The van der Waals surface area contributed by atoms with Crippen molar-refractivity contribution in [1.82, 2.24) is 0 Å². The summed E-state index contributed by atoms with van der Waals surface area (Å²) < 4.78 is 10.7. The van der Waals surface area contributed by atoms with E-state index in [9.17, 15) is 19.8 Å². The van der Waals surface area contributed by atoms with Gasteiger partial charge in [0.2, 0.25) is 0 Å². The summed E-state index contributed by atoms with van der Waals surface area (Å²) in [5.74, 6) is 1.04. The molecule has 0 aliphatic rings. The highest BCUT2D eigenvalue weighted by Crippen LogP contribution is 2.34. The molecule has 0 radical (unpaired) electrons. The Hall–Kier alpha value is -4.58. The fraction of sp³-hybridized carbons (Fsp3) is 0.257. The lowest BCUT2D eigenvalue weighted by Crippen LogP contribution is -2.01. The number of aromatic hydroxyl groups is 2. The standard InChI is InChI=1S/C21H26O3.C14H12O3/c1-2-3-4-5-6-9-14-24-18-12-13-20(21(23)15-18)19-11-8-7-10-17(19)16-22;1-17-11-7-8-12(13(15)9-11)14(16)10-5-3-2-4-6-10/h7-8,10-13,15-16,23H,2-6,9,14H2,1H3;2-9,15H,1H3. The van der Waals surface area contributed by atoms with E-state index in [0.717, 1.165) is 18.3 Å². The van der Waals surface area contributed by atoms with Crippen molar-refractivity contribution in [2.75, 3.05) is 13.7 Å². The maximum atomic E-state index is 12.1. The van der Waals surface area contributed by atoms with Crippen molar-refractivity contribution in [3.05, 3.63) is 108 Å². The van der Waals surface area contributed by atoms with E-state index in [1.807, 2.05) is 30.3 Å². The third-order valence-electron chi connectivity index (χ3n) is 6.60. The number of unbranched alkanes of at least 4 members (excludes halogenated alkanes) is 5. The Labute approximate surface area is 242 Å². The fourth-order valence-electron chi connectivity index (χ4n) is 4.32. The minimum absolute atomic E-state index is 0.0711. The molecule has 41 heavy (non-hydrogen) atoms. The molecule has 214 valence electrons. The molecule has 6 nitrogen and oxygen atoms in total. The topological polar surface area (TPSA) is 93.1 Å². The first kappa shape index (κ1) is 31.0. The van der Waals surface area contributed by atoms with Crippen molar-refractivity contribution in [2.45, 2.75) is 45.4 Å². The van der Waals surface area contributed by atoms with Gasteiger partial charge in [0.15, 0.2) is 12.1 Å². The number of aldehydes is 1. The summed E-state index contributed by atoms with van der Waals surface area (Å²) in [5.41, 5.74) is 2.76. The summed E-state index contributed by atoms with van der Waals surface area (Å²) in [6.45, 7) is 2.88. The van der Waals surface area contributed by atoms with Crippen LogP contribution in [0.5, 0.6) is 23.0 Å². The quantitative estimate of drug-likeness (QED) is 0.0982. The third kappa shape index (κ3) is 9.24. The normalized spacial score (nSPS) is 10.3. The predicted molar refractivity (Wildman–Crippen MR) is 162 cm³/mol. The van der Waals surface area contributed by atoms with E-state index in [1.165, 1.54) is 45.3 Å². The predicted octanol–water partition coefficient (Wildman–Crippen LogP) is 8.24. The highest BCUT2D eigenvalue weighted by atomic mass is 16.5. The Balaban J connectivity index is 0.000000239. The number of phenolic OH excluding ortho intramolecular Hbond substituents is 2. The SMILES string of the molecule is CCCCCCCCOc1ccc(-c2ccccc2C=O)c(O)c1.COc1ccc(C(=O)c2ccccc2)c(O)c1. The minimum Gasteiger partial charge on any atom is -0.507 e. The summed E-state index contributed by atoms with van der Waals surface area (Å²) in [7, 11) is 1.51. The van der Waals surface area contributed by atoms with Crippen LogP contribution in [0.1, 0.15) is 71.7 Å². The molecule has 0 heterocycles. The molecular weight excluding hydrogens is 516 g/mol. The second kappa shape index (κ2) is 16.5. The van der Waals surface area contributed by atoms with E-state index in [2.05, 4.69) is 6.92 Å². The van der Waals surface area contributed by atoms with Gasteiger partial charge in [-0.05, 0) is 36.2 Å². The summed E-state index contributed by atoms with van der Waals surface area (Å²) in [4.78, 5) is 23.2. The van der Waals surface area contributed by atoms with Crippen molar-refractivity contribution in [3.8, 4) is 34.1 Å². The first-order valence-corrected chi connectivity index (χ1v) is 14.0. The lowest BCUT2D eigenvalue weighted by atomic mass is 9.99. The molecule has 4 aromatic carbocycles. The summed E-state index contributed by atoms with van der Waals surface area (Å²) in [6, 6.07) is 26.0. The number of carbonyl (C=O) groups is 2. The van der Waals surface area contributed by atoms with Crippen molar-refractivity contribution >= 4 is 12.1 Å². The second-order valence-electron chi connectivity index (χ2n) is 9.58. The summed E-state index contributed by atoms with van der Waals surface area (Å²) in [6.07, 6.45) is 8.12. The van der Waals surface area contributed by atoms with Crippen LogP contribution in [0.2, 0.25) is 0 Å². The summed E-state index contributed by atoms with van der Waals surface area (Å²) >= 11 is 0. The maximum absolute atomic E-state index is 12.1. The molecule has 0 unspecified atom stereocenters. The van der Waals surface area contributed by atoms with Gasteiger partial charge in [-0.25, -0.2) is 0 Å². The zero-order valence-electron chi connectivity index (χ0n) is 23.7. The van der Waals surface area contributed by atoms with E-state index in [1.54, 1.807) is 54.6 Å². The lowest BCUT2D eigenvalue weighted by Gasteiger charge is -2.11. The van der Waals surface area contributed by atoms with Crippen LogP contribution < -0.4 is 9.47 Å². The van der Waals surface area contributed by atoms with Gasteiger partial charge in [0.1, 0.15) is 23.0 Å². The number of methoxy groups -OCH3 is 1. The zero-order valence-corrected chi connectivity index (χ0v) is 23.7. The largest absolute Gasteiger partial charge is 0.507 e. The van der Waals surface area contributed by atoms with E-state index >= 15 is 0 Å². The molecule has 0 amide bonds. The zero-order chi connectivity index (χ0) is 29.5. The highest BCUT2D eigenvalue weighted by Gasteiger charge is 2.13. The molecule has 4 rings (SSSR count). The van der Waals surface area contributed by atoms with Gasteiger partial charge >= 0.3 is 0 Å². The Morgan fingerprint density at radius 3 is 2.07 bits per heavy atom.